The van der Waals surface area contributed by atoms with Gasteiger partial charge in [0, 0.05) is 12.2 Å². The molecule has 0 bridgehead atoms. The van der Waals surface area contributed by atoms with Gasteiger partial charge in [0.25, 0.3) is 0 Å². The first-order chi connectivity index (χ1) is 10.8. The van der Waals surface area contributed by atoms with Crippen molar-refractivity contribution in [2.24, 2.45) is 0 Å². The average Bonchev–Trinajstić information content (AvgIpc) is 3.02. The Labute approximate surface area is 128 Å². The number of carbonyl (C=O) groups excluding carboxylic acids is 1. The normalized spacial score (nSPS) is 14.1. The molecule has 0 unspecified atom stereocenters. The number of aryl methyl sites for hydroxylation is 1. The number of para-hydroxylation sites is 1. The highest BCUT2D eigenvalue weighted by Gasteiger charge is 2.22. The molecule has 110 valence electrons. The van der Waals surface area contributed by atoms with Gasteiger partial charge < -0.3 is 9.88 Å². The van der Waals surface area contributed by atoms with Crippen LogP contribution in [0.4, 0.5) is 5.69 Å². The summed E-state index contributed by atoms with van der Waals surface area (Å²) in [6, 6.07) is 14.2. The Balaban J connectivity index is 1.60. The molecule has 1 aliphatic rings. The van der Waals surface area contributed by atoms with Crippen LogP contribution in [-0.4, -0.2) is 22.4 Å². The number of nitrogens with zero attached hydrogens (tertiary/aromatic N) is 2. The van der Waals surface area contributed by atoms with Gasteiger partial charge in [-0.3, -0.25) is 4.79 Å². The fourth-order valence-corrected chi connectivity index (χ4v) is 3.16. The molecule has 4 rings (SSSR count). The van der Waals surface area contributed by atoms with Crippen LogP contribution < -0.4 is 4.90 Å². The van der Waals surface area contributed by atoms with Crippen LogP contribution in [0.2, 0.25) is 0 Å². The third-order valence-corrected chi connectivity index (χ3v) is 4.25. The monoisotopic (exact) mass is 291 g/mol. The van der Waals surface area contributed by atoms with Gasteiger partial charge in [0.05, 0.1) is 23.8 Å². The molecular weight excluding hydrogens is 274 g/mol. The van der Waals surface area contributed by atoms with E-state index in [0.29, 0.717) is 6.42 Å². The maximum atomic E-state index is 12.7. The molecule has 2 heterocycles. The summed E-state index contributed by atoms with van der Waals surface area (Å²) < 4.78 is 0. The molecule has 1 aliphatic heterocycles. The number of fused-ring (bicyclic) bond motifs is 2. The standard InChI is InChI=1S/C18H17N3O/c22-18(11-13-7-8-15-16(10-13)20-12-19-15)21-9-3-5-14-4-1-2-6-17(14)21/h1-2,4,6-8,10,12H,3,5,9,11H2,(H,19,20). The van der Waals surface area contributed by atoms with E-state index in [1.165, 1.54) is 5.56 Å². The van der Waals surface area contributed by atoms with Crippen molar-refractivity contribution in [1.82, 2.24) is 9.97 Å². The van der Waals surface area contributed by atoms with Crippen molar-refractivity contribution >= 4 is 22.6 Å². The van der Waals surface area contributed by atoms with E-state index < -0.39 is 0 Å². The molecule has 0 fully saturated rings. The summed E-state index contributed by atoms with van der Waals surface area (Å²) in [5.41, 5.74) is 5.26. The van der Waals surface area contributed by atoms with Crippen molar-refractivity contribution in [2.45, 2.75) is 19.3 Å². The SMILES string of the molecule is O=C(Cc1ccc2nc[nH]c2c1)N1CCCc2ccccc21. The van der Waals surface area contributed by atoms with Gasteiger partial charge in [-0.2, -0.15) is 0 Å². The number of hydrogen-bond acceptors (Lipinski definition) is 2. The summed E-state index contributed by atoms with van der Waals surface area (Å²) in [7, 11) is 0. The number of amides is 1. The van der Waals surface area contributed by atoms with Gasteiger partial charge in [0.15, 0.2) is 0 Å². The van der Waals surface area contributed by atoms with Gasteiger partial charge in [-0.1, -0.05) is 24.3 Å². The Kier molecular flexibility index (Phi) is 3.15. The second-order valence-corrected chi connectivity index (χ2v) is 5.71. The zero-order valence-electron chi connectivity index (χ0n) is 12.2. The summed E-state index contributed by atoms with van der Waals surface area (Å²) in [5.74, 6) is 0.158. The first-order valence-corrected chi connectivity index (χ1v) is 7.61. The molecule has 0 aliphatic carbocycles. The molecule has 0 saturated carbocycles. The zero-order valence-corrected chi connectivity index (χ0v) is 12.2. The van der Waals surface area contributed by atoms with Gasteiger partial charge in [0.1, 0.15) is 0 Å². The molecule has 4 nitrogen and oxygen atoms in total. The fourth-order valence-electron chi connectivity index (χ4n) is 3.16. The Hall–Kier alpha value is -2.62. The predicted molar refractivity (Wildman–Crippen MR) is 86.9 cm³/mol. The summed E-state index contributed by atoms with van der Waals surface area (Å²) in [6.07, 6.45) is 4.18. The van der Waals surface area contributed by atoms with Crippen molar-refractivity contribution in [3.8, 4) is 0 Å². The Morgan fingerprint density at radius 1 is 1.23 bits per heavy atom. The second-order valence-electron chi connectivity index (χ2n) is 5.71. The average molecular weight is 291 g/mol. The summed E-state index contributed by atoms with van der Waals surface area (Å²) >= 11 is 0. The zero-order chi connectivity index (χ0) is 14.9. The third kappa shape index (κ3) is 2.26. The van der Waals surface area contributed by atoms with Gasteiger partial charge in [0.2, 0.25) is 5.91 Å². The summed E-state index contributed by atoms with van der Waals surface area (Å²) in [6.45, 7) is 0.808. The predicted octanol–water partition coefficient (Wildman–Crippen LogP) is 3.08. The first kappa shape index (κ1) is 13.1. The van der Waals surface area contributed by atoms with Crippen molar-refractivity contribution in [2.75, 3.05) is 11.4 Å². The molecule has 22 heavy (non-hydrogen) atoms. The van der Waals surface area contributed by atoms with Crippen molar-refractivity contribution in [3.05, 3.63) is 59.9 Å². The topological polar surface area (TPSA) is 49.0 Å². The van der Waals surface area contributed by atoms with E-state index in [4.69, 9.17) is 0 Å². The van der Waals surface area contributed by atoms with E-state index in [-0.39, 0.29) is 5.91 Å². The number of H-pyrrole nitrogens is 1. The minimum atomic E-state index is 0.158. The smallest absolute Gasteiger partial charge is 0.231 e. The Morgan fingerprint density at radius 2 is 2.14 bits per heavy atom. The number of imidazole rings is 1. The van der Waals surface area contributed by atoms with Gasteiger partial charge in [-0.15, -0.1) is 0 Å². The molecule has 1 amide bonds. The first-order valence-electron chi connectivity index (χ1n) is 7.61. The highest BCUT2D eigenvalue weighted by atomic mass is 16.2. The quantitative estimate of drug-likeness (QED) is 0.788. The molecule has 4 heteroatoms. The van der Waals surface area contributed by atoms with E-state index in [1.807, 2.05) is 41.3 Å². The Morgan fingerprint density at radius 3 is 3.09 bits per heavy atom. The van der Waals surface area contributed by atoms with Crippen molar-refractivity contribution in [3.63, 3.8) is 0 Å². The lowest BCUT2D eigenvalue weighted by Gasteiger charge is -2.29. The Bertz CT molecular complexity index is 837. The molecule has 0 radical (unpaired) electrons. The van der Waals surface area contributed by atoms with E-state index in [2.05, 4.69) is 16.0 Å². The molecule has 2 aromatic carbocycles. The summed E-state index contributed by atoms with van der Waals surface area (Å²) in [4.78, 5) is 21.9. The number of aromatic amines is 1. The lowest BCUT2D eigenvalue weighted by molar-refractivity contribution is -0.118. The lowest BCUT2D eigenvalue weighted by Crippen LogP contribution is -2.36. The minimum absolute atomic E-state index is 0.158. The summed E-state index contributed by atoms with van der Waals surface area (Å²) in [5, 5.41) is 0. The second kappa shape index (κ2) is 5.30. The van der Waals surface area contributed by atoms with E-state index in [9.17, 15) is 4.79 Å². The number of nitrogens with one attached hydrogen (secondary N) is 1. The van der Waals surface area contributed by atoms with Crippen LogP contribution in [0.25, 0.3) is 11.0 Å². The maximum Gasteiger partial charge on any atom is 0.231 e. The van der Waals surface area contributed by atoms with Crippen molar-refractivity contribution in [1.29, 1.82) is 0 Å². The van der Waals surface area contributed by atoms with Crippen LogP contribution in [0.5, 0.6) is 0 Å². The number of rotatable bonds is 2. The molecular formula is C18H17N3O. The molecule has 0 spiro atoms. The third-order valence-electron chi connectivity index (χ3n) is 4.25. The van der Waals surface area contributed by atoms with E-state index in [1.54, 1.807) is 6.33 Å². The van der Waals surface area contributed by atoms with Crippen LogP contribution in [0.3, 0.4) is 0 Å². The number of hydrogen-bond donors (Lipinski definition) is 1. The minimum Gasteiger partial charge on any atom is -0.345 e. The highest BCUT2D eigenvalue weighted by Crippen LogP contribution is 2.27. The van der Waals surface area contributed by atoms with Crippen LogP contribution in [0.1, 0.15) is 17.5 Å². The molecule has 1 N–H and O–H groups in total. The number of aromatic nitrogens is 2. The largest absolute Gasteiger partial charge is 0.345 e. The highest BCUT2D eigenvalue weighted by molar-refractivity contribution is 5.96. The molecule has 0 saturated heterocycles. The van der Waals surface area contributed by atoms with Gasteiger partial charge >= 0.3 is 0 Å². The molecule has 1 aromatic heterocycles. The van der Waals surface area contributed by atoms with Crippen LogP contribution in [0.15, 0.2) is 48.8 Å². The molecule has 3 aromatic rings. The fraction of sp³-hybridized carbons (Fsp3) is 0.222. The van der Waals surface area contributed by atoms with Crippen LogP contribution in [-0.2, 0) is 17.6 Å². The van der Waals surface area contributed by atoms with E-state index >= 15 is 0 Å². The van der Waals surface area contributed by atoms with E-state index in [0.717, 1.165) is 41.7 Å². The van der Waals surface area contributed by atoms with Crippen LogP contribution >= 0.6 is 0 Å². The van der Waals surface area contributed by atoms with Crippen molar-refractivity contribution < 1.29 is 4.79 Å². The maximum absolute atomic E-state index is 12.7. The van der Waals surface area contributed by atoms with Crippen LogP contribution in [0, 0.1) is 0 Å². The van der Waals surface area contributed by atoms with Gasteiger partial charge in [-0.25, -0.2) is 4.98 Å². The lowest BCUT2D eigenvalue weighted by atomic mass is 10.0. The number of anilines is 1. The number of carbonyl (C=O) groups is 1. The number of benzene rings is 2. The molecule has 0 atom stereocenters. The van der Waals surface area contributed by atoms with Gasteiger partial charge in [-0.05, 0) is 42.2 Å².